The van der Waals surface area contributed by atoms with Crippen LogP contribution in [0.4, 0.5) is 0 Å². The highest BCUT2D eigenvalue weighted by Gasteiger charge is 2.24. The van der Waals surface area contributed by atoms with E-state index in [1.54, 1.807) is 12.4 Å². The zero-order valence-electron chi connectivity index (χ0n) is 7.81. The fourth-order valence-electron chi connectivity index (χ4n) is 1.53. The van der Waals surface area contributed by atoms with Gasteiger partial charge in [-0.15, -0.1) is 0 Å². The summed E-state index contributed by atoms with van der Waals surface area (Å²) in [6, 6.07) is 2.05. The lowest BCUT2D eigenvalue weighted by atomic mass is 10.1. The van der Waals surface area contributed by atoms with E-state index in [2.05, 4.69) is 15.1 Å². The van der Waals surface area contributed by atoms with E-state index in [1.165, 1.54) is 0 Å². The molecule has 0 bridgehead atoms. The van der Waals surface area contributed by atoms with Gasteiger partial charge in [0.25, 0.3) is 0 Å². The van der Waals surface area contributed by atoms with Crippen LogP contribution in [0.1, 0.15) is 25.2 Å². The molecule has 0 saturated carbocycles. The summed E-state index contributed by atoms with van der Waals surface area (Å²) in [4.78, 5) is 8.44. The van der Waals surface area contributed by atoms with Gasteiger partial charge in [-0.25, -0.2) is 9.97 Å². The first kappa shape index (κ1) is 8.16. The van der Waals surface area contributed by atoms with Gasteiger partial charge in [-0.2, -0.15) is 5.10 Å². The lowest BCUT2D eigenvalue weighted by Crippen LogP contribution is -2.16. The third kappa shape index (κ3) is 1.52. The molecule has 0 radical (unpaired) electrons. The Kier molecular flexibility index (Phi) is 1.96. The van der Waals surface area contributed by atoms with E-state index in [1.807, 2.05) is 25.0 Å². The molecule has 0 aliphatic carbocycles. The average Bonchev–Trinajstić information content (AvgIpc) is 2.47. The van der Waals surface area contributed by atoms with E-state index in [0.29, 0.717) is 0 Å². The molecule has 0 N–H and O–H groups in total. The molecular weight excluding hydrogens is 164 g/mol. The van der Waals surface area contributed by atoms with Crippen molar-refractivity contribution in [3.63, 3.8) is 0 Å². The van der Waals surface area contributed by atoms with Crippen molar-refractivity contribution in [2.45, 2.75) is 19.4 Å². The summed E-state index contributed by atoms with van der Waals surface area (Å²) in [5, 5.41) is 6.24. The van der Waals surface area contributed by atoms with Gasteiger partial charge in [-0.05, 0) is 13.0 Å². The Hall–Kier alpha value is -1.45. The predicted molar refractivity (Wildman–Crippen MR) is 50.3 cm³/mol. The van der Waals surface area contributed by atoms with E-state index < -0.39 is 0 Å². The van der Waals surface area contributed by atoms with Gasteiger partial charge in [0.1, 0.15) is 6.04 Å². The molecule has 1 aliphatic rings. The fraction of sp³-hybridized carbons (Fsp3) is 0.444. The first-order valence-electron chi connectivity index (χ1n) is 4.31. The van der Waals surface area contributed by atoms with Crippen LogP contribution in [0.3, 0.4) is 0 Å². The van der Waals surface area contributed by atoms with Crippen molar-refractivity contribution in [1.29, 1.82) is 0 Å². The normalized spacial score (nSPS) is 21.8. The minimum absolute atomic E-state index is 0.223. The molecule has 13 heavy (non-hydrogen) atoms. The molecule has 1 atom stereocenters. The highest BCUT2D eigenvalue weighted by atomic mass is 15.5. The van der Waals surface area contributed by atoms with E-state index >= 15 is 0 Å². The number of hydrogen-bond acceptors (Lipinski definition) is 4. The van der Waals surface area contributed by atoms with Crippen LogP contribution < -0.4 is 0 Å². The first-order chi connectivity index (χ1) is 6.27. The molecule has 0 fully saturated rings. The summed E-state index contributed by atoms with van der Waals surface area (Å²) >= 11 is 0. The Morgan fingerprint density at radius 3 is 2.62 bits per heavy atom. The molecule has 0 aromatic carbocycles. The molecular formula is C9H12N4. The summed E-state index contributed by atoms with van der Waals surface area (Å²) in [6.07, 6.45) is 4.47. The number of hydrazone groups is 1. The maximum atomic E-state index is 4.32. The van der Waals surface area contributed by atoms with Crippen molar-refractivity contribution in [2.75, 3.05) is 7.05 Å². The maximum absolute atomic E-state index is 4.32. The maximum Gasteiger partial charge on any atom is 0.152 e. The van der Waals surface area contributed by atoms with E-state index in [4.69, 9.17) is 0 Å². The third-order valence-corrected chi connectivity index (χ3v) is 2.15. The summed E-state index contributed by atoms with van der Waals surface area (Å²) in [7, 11) is 1.96. The van der Waals surface area contributed by atoms with Gasteiger partial charge in [-0.1, -0.05) is 0 Å². The van der Waals surface area contributed by atoms with Crippen LogP contribution in [0.25, 0.3) is 0 Å². The van der Waals surface area contributed by atoms with Gasteiger partial charge < -0.3 is 0 Å². The predicted octanol–water partition coefficient (Wildman–Crippen LogP) is 1.23. The molecule has 0 spiro atoms. The van der Waals surface area contributed by atoms with Crippen LogP contribution >= 0.6 is 0 Å². The second-order valence-electron chi connectivity index (χ2n) is 3.24. The van der Waals surface area contributed by atoms with Crippen LogP contribution in [0, 0.1) is 0 Å². The number of aromatic nitrogens is 2. The third-order valence-electron chi connectivity index (χ3n) is 2.15. The molecule has 0 saturated heterocycles. The van der Waals surface area contributed by atoms with E-state index in [0.717, 1.165) is 18.0 Å². The van der Waals surface area contributed by atoms with Gasteiger partial charge in [0.05, 0.1) is 0 Å². The lowest BCUT2D eigenvalue weighted by molar-refractivity contribution is 0.279. The molecule has 1 aliphatic heterocycles. The molecule has 4 nitrogen and oxygen atoms in total. The second kappa shape index (κ2) is 3.12. The summed E-state index contributed by atoms with van der Waals surface area (Å²) in [5.41, 5.74) is 1.14. The van der Waals surface area contributed by atoms with Gasteiger partial charge in [0, 0.05) is 31.6 Å². The molecule has 0 amide bonds. The van der Waals surface area contributed by atoms with Crippen LogP contribution in [-0.4, -0.2) is 27.7 Å². The fourth-order valence-corrected chi connectivity index (χ4v) is 1.53. The minimum atomic E-state index is 0.223. The van der Waals surface area contributed by atoms with Crippen LogP contribution in [0.15, 0.2) is 23.6 Å². The topological polar surface area (TPSA) is 41.4 Å². The zero-order chi connectivity index (χ0) is 9.26. The quantitative estimate of drug-likeness (QED) is 0.646. The smallest absolute Gasteiger partial charge is 0.152 e. The van der Waals surface area contributed by atoms with Crippen molar-refractivity contribution in [3.8, 4) is 0 Å². The number of nitrogens with zero attached hydrogens (tertiary/aromatic N) is 4. The Bertz CT molecular complexity index is 320. The van der Waals surface area contributed by atoms with Crippen molar-refractivity contribution >= 4 is 5.71 Å². The zero-order valence-corrected chi connectivity index (χ0v) is 7.81. The van der Waals surface area contributed by atoms with Crippen molar-refractivity contribution < 1.29 is 0 Å². The van der Waals surface area contributed by atoms with Crippen LogP contribution in [-0.2, 0) is 0 Å². The molecule has 1 unspecified atom stereocenters. The van der Waals surface area contributed by atoms with Crippen molar-refractivity contribution in [3.05, 3.63) is 24.3 Å². The van der Waals surface area contributed by atoms with Gasteiger partial charge in [0.2, 0.25) is 0 Å². The molecule has 68 valence electrons. The van der Waals surface area contributed by atoms with Crippen LogP contribution in [0.5, 0.6) is 0 Å². The van der Waals surface area contributed by atoms with Crippen molar-refractivity contribution in [2.24, 2.45) is 5.10 Å². The second-order valence-corrected chi connectivity index (χ2v) is 3.24. The Morgan fingerprint density at radius 2 is 2.08 bits per heavy atom. The molecule has 4 heteroatoms. The lowest BCUT2D eigenvalue weighted by Gasteiger charge is -2.16. The molecule has 1 aromatic rings. The van der Waals surface area contributed by atoms with Gasteiger partial charge >= 0.3 is 0 Å². The summed E-state index contributed by atoms with van der Waals surface area (Å²) in [6.45, 7) is 2.03. The average molecular weight is 176 g/mol. The summed E-state index contributed by atoms with van der Waals surface area (Å²) < 4.78 is 0. The monoisotopic (exact) mass is 176 g/mol. The largest absolute Gasteiger partial charge is 0.289 e. The summed E-state index contributed by atoms with van der Waals surface area (Å²) in [5.74, 6) is 0.852. The van der Waals surface area contributed by atoms with Crippen LogP contribution in [0.2, 0.25) is 0 Å². The first-order valence-corrected chi connectivity index (χ1v) is 4.31. The van der Waals surface area contributed by atoms with E-state index in [-0.39, 0.29) is 6.04 Å². The number of hydrogen-bond donors (Lipinski definition) is 0. The Balaban J connectivity index is 2.21. The van der Waals surface area contributed by atoms with E-state index in [9.17, 15) is 0 Å². The Morgan fingerprint density at radius 1 is 1.38 bits per heavy atom. The van der Waals surface area contributed by atoms with Gasteiger partial charge in [-0.3, -0.25) is 5.01 Å². The highest BCUT2D eigenvalue weighted by Crippen LogP contribution is 2.25. The molecule has 2 heterocycles. The minimum Gasteiger partial charge on any atom is -0.289 e. The Labute approximate surface area is 77.3 Å². The van der Waals surface area contributed by atoms with Crippen molar-refractivity contribution in [1.82, 2.24) is 15.0 Å². The SMILES string of the molecule is CC1=NN(C)C(c2ncccn2)C1. The molecule has 1 aromatic heterocycles. The molecule has 2 rings (SSSR count). The highest BCUT2D eigenvalue weighted by molar-refractivity contribution is 5.83. The van der Waals surface area contributed by atoms with Gasteiger partial charge in [0.15, 0.2) is 5.82 Å². The number of rotatable bonds is 1. The standard InChI is InChI=1S/C9H12N4/c1-7-6-8(13(2)12-7)9-10-4-3-5-11-9/h3-5,8H,6H2,1-2H3.